The van der Waals surface area contributed by atoms with Crippen LogP contribution in [0.25, 0.3) is 0 Å². The molecule has 0 spiro atoms. The molecule has 2 heteroatoms. The summed E-state index contributed by atoms with van der Waals surface area (Å²) in [5.74, 6) is 0.876. The Morgan fingerprint density at radius 3 is 1.79 bits per heavy atom. The van der Waals surface area contributed by atoms with Crippen molar-refractivity contribution in [2.75, 3.05) is 19.6 Å². The Kier molecular flexibility index (Phi) is 3.98. The monoisotopic (exact) mass is 321 g/mol. The van der Waals surface area contributed by atoms with Gasteiger partial charge in [0.05, 0.1) is 0 Å². The van der Waals surface area contributed by atoms with Gasteiger partial charge in [-0.1, -0.05) is 48.5 Å². The Labute approximate surface area is 145 Å². The van der Waals surface area contributed by atoms with Crippen molar-refractivity contribution in [3.05, 3.63) is 70.8 Å². The minimum atomic E-state index is -0.902. The fourth-order valence-corrected chi connectivity index (χ4v) is 4.98. The van der Waals surface area contributed by atoms with Gasteiger partial charge in [0.25, 0.3) is 0 Å². The Hall–Kier alpha value is -1.64. The minimum Gasteiger partial charge on any atom is -0.380 e. The van der Waals surface area contributed by atoms with Crippen LogP contribution in [0.1, 0.15) is 35.1 Å². The molecule has 0 aliphatic carbocycles. The predicted molar refractivity (Wildman–Crippen MR) is 98.0 cm³/mol. The molecule has 0 amide bonds. The summed E-state index contributed by atoms with van der Waals surface area (Å²) in [7, 11) is 0. The van der Waals surface area contributed by atoms with E-state index in [-0.39, 0.29) is 5.92 Å². The normalized spacial score (nSPS) is 26.5. The zero-order valence-electron chi connectivity index (χ0n) is 14.7. The van der Waals surface area contributed by atoms with Crippen molar-refractivity contribution in [3.8, 4) is 0 Å². The van der Waals surface area contributed by atoms with Crippen molar-refractivity contribution in [3.63, 3.8) is 0 Å². The zero-order valence-corrected chi connectivity index (χ0v) is 14.7. The van der Waals surface area contributed by atoms with Crippen LogP contribution in [-0.2, 0) is 5.60 Å². The zero-order chi connectivity index (χ0) is 16.7. The third-order valence-electron chi connectivity index (χ3n) is 6.30. The Balaban J connectivity index is 1.90. The lowest BCUT2D eigenvalue weighted by molar-refractivity contribution is -0.0770. The number of benzene rings is 2. The number of rotatable bonds is 3. The Bertz CT molecular complexity index is 685. The van der Waals surface area contributed by atoms with E-state index in [4.69, 9.17) is 0 Å². The van der Waals surface area contributed by atoms with Gasteiger partial charge in [0.1, 0.15) is 5.60 Å². The van der Waals surface area contributed by atoms with E-state index >= 15 is 0 Å². The highest BCUT2D eigenvalue weighted by molar-refractivity contribution is 5.45. The minimum absolute atomic E-state index is 0.266. The third kappa shape index (κ3) is 2.40. The molecule has 2 nitrogen and oxygen atoms in total. The molecule has 1 N–H and O–H groups in total. The third-order valence-corrected chi connectivity index (χ3v) is 6.30. The molecule has 3 heterocycles. The van der Waals surface area contributed by atoms with Crippen molar-refractivity contribution in [2.24, 2.45) is 11.8 Å². The van der Waals surface area contributed by atoms with Gasteiger partial charge in [0.2, 0.25) is 0 Å². The molecular weight excluding hydrogens is 294 g/mol. The maximum atomic E-state index is 12.2. The summed E-state index contributed by atoms with van der Waals surface area (Å²) in [6.07, 6.45) is 2.43. The van der Waals surface area contributed by atoms with Gasteiger partial charge in [-0.05, 0) is 68.0 Å². The maximum absolute atomic E-state index is 12.2. The summed E-state index contributed by atoms with van der Waals surface area (Å²) in [5, 5.41) is 12.2. The number of fused-ring (bicyclic) bond motifs is 3. The van der Waals surface area contributed by atoms with Gasteiger partial charge < -0.3 is 10.0 Å². The molecule has 3 aliphatic heterocycles. The largest absolute Gasteiger partial charge is 0.380 e. The SMILES string of the molecule is Cc1ccccc1C(O)(c1ccccc1C)C1C[N@]2CC[C@H]1CC2. The van der Waals surface area contributed by atoms with Crippen LogP contribution < -0.4 is 0 Å². The van der Waals surface area contributed by atoms with Crippen LogP contribution in [0.4, 0.5) is 0 Å². The Morgan fingerprint density at radius 2 is 1.38 bits per heavy atom. The highest BCUT2D eigenvalue weighted by Gasteiger charge is 2.49. The number of piperidine rings is 3. The first-order valence-corrected chi connectivity index (χ1v) is 9.17. The first-order chi connectivity index (χ1) is 11.6. The summed E-state index contributed by atoms with van der Waals surface area (Å²) in [5.41, 5.74) is 3.62. The molecule has 126 valence electrons. The molecule has 24 heavy (non-hydrogen) atoms. The van der Waals surface area contributed by atoms with E-state index in [1.165, 1.54) is 37.1 Å². The van der Waals surface area contributed by atoms with Gasteiger partial charge in [-0.2, -0.15) is 0 Å². The van der Waals surface area contributed by atoms with E-state index in [2.05, 4.69) is 67.3 Å². The van der Waals surface area contributed by atoms with Crippen LogP contribution in [-0.4, -0.2) is 29.6 Å². The number of hydrogen-bond donors (Lipinski definition) is 1. The smallest absolute Gasteiger partial charge is 0.119 e. The van der Waals surface area contributed by atoms with Crippen molar-refractivity contribution in [1.82, 2.24) is 4.90 Å². The molecule has 2 aromatic rings. The average Bonchev–Trinajstić information content (AvgIpc) is 2.63. The van der Waals surface area contributed by atoms with Crippen LogP contribution in [0.2, 0.25) is 0 Å². The van der Waals surface area contributed by atoms with Gasteiger partial charge in [0, 0.05) is 12.5 Å². The van der Waals surface area contributed by atoms with E-state index in [0.717, 1.165) is 17.7 Å². The van der Waals surface area contributed by atoms with Crippen molar-refractivity contribution < 1.29 is 5.11 Å². The van der Waals surface area contributed by atoms with Crippen LogP contribution in [0, 0.1) is 25.7 Å². The molecule has 3 aliphatic rings. The summed E-state index contributed by atoms with van der Waals surface area (Å²) >= 11 is 0. The van der Waals surface area contributed by atoms with E-state index in [0.29, 0.717) is 5.92 Å². The van der Waals surface area contributed by atoms with E-state index in [1.54, 1.807) is 0 Å². The fourth-order valence-electron chi connectivity index (χ4n) is 4.98. The van der Waals surface area contributed by atoms with Gasteiger partial charge in [-0.25, -0.2) is 0 Å². The highest BCUT2D eigenvalue weighted by atomic mass is 16.3. The van der Waals surface area contributed by atoms with Crippen molar-refractivity contribution in [1.29, 1.82) is 0 Å². The predicted octanol–water partition coefficient (Wildman–Crippen LogP) is 3.88. The molecule has 0 radical (unpaired) electrons. The van der Waals surface area contributed by atoms with E-state index in [9.17, 15) is 5.11 Å². The molecule has 0 aromatic heterocycles. The summed E-state index contributed by atoms with van der Waals surface area (Å²) in [6.45, 7) is 7.64. The van der Waals surface area contributed by atoms with Crippen LogP contribution >= 0.6 is 0 Å². The molecule has 2 aromatic carbocycles. The first-order valence-electron chi connectivity index (χ1n) is 9.17. The lowest BCUT2D eigenvalue weighted by atomic mass is 9.64. The molecule has 5 rings (SSSR count). The second-order valence-electron chi connectivity index (χ2n) is 7.64. The number of nitrogens with zero attached hydrogens (tertiary/aromatic N) is 1. The molecule has 2 bridgehead atoms. The Morgan fingerprint density at radius 1 is 0.875 bits per heavy atom. The number of aliphatic hydroxyl groups is 1. The second kappa shape index (κ2) is 6.02. The molecule has 0 saturated carbocycles. The fraction of sp³-hybridized carbons (Fsp3) is 0.455. The first kappa shape index (κ1) is 15.9. The van der Waals surface area contributed by atoms with Crippen LogP contribution in [0.5, 0.6) is 0 Å². The quantitative estimate of drug-likeness (QED) is 0.927. The van der Waals surface area contributed by atoms with Gasteiger partial charge >= 0.3 is 0 Å². The van der Waals surface area contributed by atoms with E-state index < -0.39 is 5.60 Å². The van der Waals surface area contributed by atoms with E-state index in [1.807, 2.05) is 0 Å². The molecule has 1 unspecified atom stereocenters. The molecule has 1 atom stereocenters. The lowest BCUT2D eigenvalue weighted by Gasteiger charge is -2.52. The van der Waals surface area contributed by atoms with Crippen molar-refractivity contribution >= 4 is 0 Å². The number of aryl methyl sites for hydroxylation is 2. The molecule has 3 fully saturated rings. The highest BCUT2D eigenvalue weighted by Crippen LogP contribution is 2.48. The molecular formula is C22H27NO. The maximum Gasteiger partial charge on any atom is 0.119 e. The molecule has 3 saturated heterocycles. The lowest BCUT2D eigenvalue weighted by Crippen LogP contribution is -2.55. The topological polar surface area (TPSA) is 23.5 Å². The summed E-state index contributed by atoms with van der Waals surface area (Å²) in [6, 6.07) is 16.7. The second-order valence-corrected chi connectivity index (χ2v) is 7.64. The number of hydrogen-bond acceptors (Lipinski definition) is 2. The van der Waals surface area contributed by atoms with Crippen LogP contribution in [0.3, 0.4) is 0 Å². The van der Waals surface area contributed by atoms with Crippen LogP contribution in [0.15, 0.2) is 48.5 Å². The van der Waals surface area contributed by atoms with Crippen molar-refractivity contribution in [2.45, 2.75) is 32.3 Å². The average molecular weight is 321 g/mol. The van der Waals surface area contributed by atoms with Gasteiger partial charge in [0.15, 0.2) is 0 Å². The van der Waals surface area contributed by atoms with Gasteiger partial charge in [-0.15, -0.1) is 0 Å². The summed E-state index contributed by atoms with van der Waals surface area (Å²) < 4.78 is 0. The summed E-state index contributed by atoms with van der Waals surface area (Å²) in [4.78, 5) is 2.53. The standard InChI is InChI=1S/C22H27NO/c1-16-7-3-5-9-19(16)22(24,20-10-6-4-8-17(20)2)21-15-23-13-11-18(21)12-14-23/h3-10,18,21,24H,11-15H2,1-2H3. The van der Waals surface area contributed by atoms with Gasteiger partial charge in [-0.3, -0.25) is 0 Å².